The van der Waals surface area contributed by atoms with E-state index in [1.54, 1.807) is 9.58 Å². The summed E-state index contributed by atoms with van der Waals surface area (Å²) in [6.45, 7) is 4.40. The third-order valence-corrected chi connectivity index (χ3v) is 8.52. The predicted molar refractivity (Wildman–Crippen MR) is 164 cm³/mol. The first-order chi connectivity index (χ1) is 20.3. The fourth-order valence-corrected chi connectivity index (χ4v) is 5.96. The Kier molecular flexibility index (Phi) is 9.52. The highest BCUT2D eigenvalue weighted by Gasteiger charge is 2.52. The zero-order valence-corrected chi connectivity index (χ0v) is 25.3. The summed E-state index contributed by atoms with van der Waals surface area (Å²) in [5.74, 6) is -0.878. The fraction of sp³-hybridized carbons (Fsp3) is 0.419. The maximum absolute atomic E-state index is 13.9. The fourth-order valence-electron chi connectivity index (χ4n) is 5.60. The summed E-state index contributed by atoms with van der Waals surface area (Å²) in [5, 5.41) is 35.4. The predicted octanol–water partition coefficient (Wildman–Crippen LogP) is 3.53. The lowest BCUT2D eigenvalue weighted by Gasteiger charge is -2.28. The second kappa shape index (κ2) is 13.3. The number of aromatic nitrogens is 3. The van der Waals surface area contributed by atoms with Crippen LogP contribution in [0.3, 0.4) is 0 Å². The quantitative estimate of drug-likeness (QED) is 0.237. The van der Waals surface area contributed by atoms with E-state index in [2.05, 4.69) is 36.9 Å². The summed E-state index contributed by atoms with van der Waals surface area (Å²) in [4.78, 5) is 28.1. The van der Waals surface area contributed by atoms with E-state index in [9.17, 15) is 14.7 Å². The van der Waals surface area contributed by atoms with Gasteiger partial charge in [-0.25, -0.2) is 0 Å². The maximum Gasteiger partial charge on any atom is 0.264 e. The van der Waals surface area contributed by atoms with Crippen molar-refractivity contribution in [2.45, 2.75) is 51.3 Å². The molecule has 0 aliphatic carbocycles. The van der Waals surface area contributed by atoms with Crippen LogP contribution in [-0.2, 0) is 34.7 Å². The number of hydrogen-bond acceptors (Lipinski definition) is 7. The molecule has 222 valence electrons. The zero-order chi connectivity index (χ0) is 29.7. The second-order valence-corrected chi connectivity index (χ2v) is 11.9. The van der Waals surface area contributed by atoms with Gasteiger partial charge in [-0.15, -0.1) is 5.10 Å². The van der Waals surface area contributed by atoms with Gasteiger partial charge in [0, 0.05) is 54.0 Å². The Morgan fingerprint density at radius 2 is 2.10 bits per heavy atom. The van der Waals surface area contributed by atoms with E-state index in [-0.39, 0.29) is 30.9 Å². The van der Waals surface area contributed by atoms with Crippen molar-refractivity contribution in [1.29, 1.82) is 0 Å². The molecule has 4 N–H and O–H groups in total. The van der Waals surface area contributed by atoms with Crippen LogP contribution in [0.15, 0.2) is 65.3 Å². The van der Waals surface area contributed by atoms with Crippen LogP contribution >= 0.6 is 15.9 Å². The Morgan fingerprint density at radius 1 is 1.29 bits per heavy atom. The molecular formula is C31H37BrN6O4. The molecule has 3 atom stereocenters. The van der Waals surface area contributed by atoms with Gasteiger partial charge in [-0.05, 0) is 61.7 Å². The van der Waals surface area contributed by atoms with Crippen molar-refractivity contribution >= 4 is 39.1 Å². The molecule has 1 unspecified atom stereocenters. The van der Waals surface area contributed by atoms with Gasteiger partial charge in [0.25, 0.3) is 5.91 Å². The molecule has 1 fully saturated rings. The standard InChI is InChI=1S/C31H37BrN6O4/c1-21(5-2-3-15-37-20-26(13-16-39)35-36-37)31(42)27-17-24(32)9-12-28(27)38(30(31)41)19-22-7-10-25(11-8-22)34-29(40)23-6-4-14-33-18-23/h2,5,7-12,17,20-21,23,33,39,42H,3-4,6,13-16,18-19H2,1H3,(H,34,40)/b5-2+/t21-,23?,31+/m0/s1. The van der Waals surface area contributed by atoms with Crippen molar-refractivity contribution in [2.75, 3.05) is 29.9 Å². The van der Waals surface area contributed by atoms with Gasteiger partial charge in [-0.3, -0.25) is 14.3 Å². The minimum Gasteiger partial charge on any atom is -0.396 e. The minimum atomic E-state index is -1.72. The van der Waals surface area contributed by atoms with Gasteiger partial charge in [0.2, 0.25) is 5.91 Å². The molecule has 2 amide bonds. The second-order valence-electron chi connectivity index (χ2n) is 11.0. The number of benzene rings is 2. The van der Waals surface area contributed by atoms with Crippen LogP contribution in [0.25, 0.3) is 0 Å². The van der Waals surface area contributed by atoms with E-state index >= 15 is 0 Å². The summed E-state index contributed by atoms with van der Waals surface area (Å²) in [7, 11) is 0. The van der Waals surface area contributed by atoms with Crippen molar-refractivity contribution in [3.8, 4) is 0 Å². The summed E-state index contributed by atoms with van der Waals surface area (Å²) < 4.78 is 2.50. The average molecular weight is 638 g/mol. The molecule has 11 heteroatoms. The zero-order valence-electron chi connectivity index (χ0n) is 23.7. The molecule has 0 bridgehead atoms. The number of rotatable bonds is 11. The number of nitrogens with zero attached hydrogens (tertiary/aromatic N) is 4. The Hall–Kier alpha value is -3.38. The van der Waals surface area contributed by atoms with Crippen molar-refractivity contribution in [2.24, 2.45) is 11.8 Å². The molecule has 2 aliphatic heterocycles. The summed E-state index contributed by atoms with van der Waals surface area (Å²) in [6.07, 6.45) is 8.61. The molecule has 0 saturated carbocycles. The molecule has 2 aromatic carbocycles. The Balaban J connectivity index is 1.26. The highest BCUT2D eigenvalue weighted by Crippen LogP contribution is 2.46. The third kappa shape index (κ3) is 6.49. The number of halogens is 1. The van der Waals surface area contributed by atoms with Gasteiger partial charge < -0.3 is 25.7 Å². The molecule has 5 rings (SSSR count). The number of hydrogen-bond donors (Lipinski definition) is 4. The largest absolute Gasteiger partial charge is 0.396 e. The topological polar surface area (TPSA) is 133 Å². The number of piperidine rings is 1. The number of aliphatic hydroxyl groups excluding tert-OH is 1. The molecule has 1 aromatic heterocycles. The third-order valence-electron chi connectivity index (χ3n) is 8.02. The molecular weight excluding hydrogens is 600 g/mol. The van der Waals surface area contributed by atoms with Crippen LogP contribution in [0, 0.1) is 11.8 Å². The number of anilines is 2. The van der Waals surface area contributed by atoms with Gasteiger partial charge >= 0.3 is 0 Å². The summed E-state index contributed by atoms with van der Waals surface area (Å²) in [6, 6.07) is 13.0. The molecule has 0 spiro atoms. The van der Waals surface area contributed by atoms with E-state index in [4.69, 9.17) is 5.11 Å². The van der Waals surface area contributed by atoms with E-state index in [0.29, 0.717) is 37.2 Å². The van der Waals surface area contributed by atoms with Gasteiger partial charge in [0.05, 0.1) is 23.8 Å². The van der Waals surface area contributed by atoms with Gasteiger partial charge in [-0.2, -0.15) is 0 Å². The van der Waals surface area contributed by atoms with Crippen molar-refractivity contribution in [1.82, 2.24) is 20.3 Å². The van der Waals surface area contributed by atoms with Crippen molar-refractivity contribution < 1.29 is 19.8 Å². The lowest BCUT2D eigenvalue weighted by molar-refractivity contribution is -0.139. The Labute approximate surface area is 253 Å². The number of nitrogens with one attached hydrogen (secondary N) is 2. The summed E-state index contributed by atoms with van der Waals surface area (Å²) in [5.41, 5.74) is 1.85. The highest BCUT2D eigenvalue weighted by atomic mass is 79.9. The number of fused-ring (bicyclic) bond motifs is 1. The number of carbonyl (C=O) groups excluding carboxylic acids is 2. The van der Waals surface area contributed by atoms with Crippen LogP contribution in [-0.4, -0.2) is 56.7 Å². The molecule has 3 heterocycles. The van der Waals surface area contributed by atoms with Gasteiger partial charge in [-0.1, -0.05) is 52.4 Å². The first kappa shape index (κ1) is 30.1. The normalized spacial score (nSPS) is 21.1. The lowest BCUT2D eigenvalue weighted by atomic mass is 9.83. The van der Waals surface area contributed by atoms with Crippen LogP contribution in [0.5, 0.6) is 0 Å². The molecule has 0 radical (unpaired) electrons. The summed E-state index contributed by atoms with van der Waals surface area (Å²) >= 11 is 3.50. The number of amides is 2. The Bertz CT molecular complexity index is 1440. The smallest absolute Gasteiger partial charge is 0.264 e. The van der Waals surface area contributed by atoms with Gasteiger partial charge in [0.15, 0.2) is 5.60 Å². The van der Waals surface area contributed by atoms with Gasteiger partial charge in [0.1, 0.15) is 0 Å². The van der Waals surface area contributed by atoms with E-state index < -0.39 is 11.5 Å². The molecule has 2 aliphatic rings. The molecule has 1 saturated heterocycles. The van der Waals surface area contributed by atoms with Crippen LogP contribution in [0.2, 0.25) is 0 Å². The van der Waals surface area contributed by atoms with E-state index in [1.807, 2.05) is 67.7 Å². The number of allylic oxidation sites excluding steroid dienone is 1. The SMILES string of the molecule is C[C@@H](/C=C/CCn1cc(CCO)nn1)[C@]1(O)C(=O)N(Cc2ccc(NC(=O)C3CCCNC3)cc2)c2ccc(Br)cc21. The number of aryl methyl sites for hydroxylation is 1. The first-order valence-corrected chi connectivity index (χ1v) is 15.2. The highest BCUT2D eigenvalue weighted by molar-refractivity contribution is 9.10. The van der Waals surface area contributed by atoms with Crippen molar-refractivity contribution in [3.05, 3.63) is 82.1 Å². The number of aliphatic hydroxyl groups is 2. The van der Waals surface area contributed by atoms with Crippen LogP contribution in [0.4, 0.5) is 11.4 Å². The molecule has 10 nitrogen and oxygen atoms in total. The first-order valence-electron chi connectivity index (χ1n) is 14.4. The number of carbonyl (C=O) groups is 2. The molecule has 42 heavy (non-hydrogen) atoms. The minimum absolute atomic E-state index is 0.0176. The monoisotopic (exact) mass is 636 g/mol. The van der Waals surface area contributed by atoms with E-state index in [0.717, 1.165) is 40.8 Å². The van der Waals surface area contributed by atoms with Crippen LogP contribution in [0.1, 0.15) is 43.0 Å². The van der Waals surface area contributed by atoms with E-state index in [1.165, 1.54) is 0 Å². The maximum atomic E-state index is 13.9. The van der Waals surface area contributed by atoms with Crippen LogP contribution < -0.4 is 15.5 Å². The Morgan fingerprint density at radius 3 is 2.83 bits per heavy atom. The molecule has 3 aromatic rings. The lowest BCUT2D eigenvalue weighted by Crippen LogP contribution is -2.44. The van der Waals surface area contributed by atoms with Crippen molar-refractivity contribution in [3.63, 3.8) is 0 Å². The average Bonchev–Trinajstić information content (AvgIpc) is 3.53.